The number of hydrogen-bond acceptors (Lipinski definition) is 6. The number of hydrogen-bond donors (Lipinski definition) is 4. The molecule has 0 bridgehead atoms. The zero-order valence-corrected chi connectivity index (χ0v) is 23.8. The number of fused-ring (bicyclic) bond motifs is 1. The normalized spacial score (nSPS) is 15.4. The van der Waals surface area contributed by atoms with Gasteiger partial charge in [-0.3, -0.25) is 9.59 Å². The first kappa shape index (κ1) is 29.6. The quantitative estimate of drug-likeness (QED) is 0.264. The van der Waals surface area contributed by atoms with Gasteiger partial charge < -0.3 is 25.6 Å². The number of nitrogens with zero attached hydrogens (tertiary/aromatic N) is 2. The lowest BCUT2D eigenvalue weighted by Crippen LogP contribution is -2.44. The van der Waals surface area contributed by atoms with Gasteiger partial charge in [-0.1, -0.05) is 36.4 Å². The van der Waals surface area contributed by atoms with Crippen LogP contribution in [0.1, 0.15) is 54.8 Å². The summed E-state index contributed by atoms with van der Waals surface area (Å²) in [6.45, 7) is 2.52. The highest BCUT2D eigenvalue weighted by Gasteiger charge is 2.24. The van der Waals surface area contributed by atoms with Crippen molar-refractivity contribution in [2.24, 2.45) is 0 Å². The van der Waals surface area contributed by atoms with Crippen LogP contribution in [0.3, 0.4) is 0 Å². The molecule has 2 aliphatic rings. The molecule has 3 aromatic rings. The Labute approximate surface area is 239 Å². The zero-order chi connectivity index (χ0) is 28.3. The molecule has 9 nitrogen and oxygen atoms in total. The molecule has 2 heterocycles. The molecule has 10 heteroatoms. The van der Waals surface area contributed by atoms with E-state index < -0.39 is 12.0 Å². The first-order valence-corrected chi connectivity index (χ1v) is 15.3. The summed E-state index contributed by atoms with van der Waals surface area (Å²) in [6, 6.07) is 12.0. The number of H-pyrrole nitrogens is 1. The highest BCUT2D eigenvalue weighted by molar-refractivity contribution is 7.98. The number of benzene rings is 2. The van der Waals surface area contributed by atoms with E-state index in [1.807, 2.05) is 23.3 Å². The lowest BCUT2D eigenvalue weighted by atomic mass is 9.98. The minimum Gasteiger partial charge on any atom is -0.480 e. The predicted molar refractivity (Wildman–Crippen MR) is 158 cm³/mol. The molecule has 2 fully saturated rings. The number of carboxylic acid groups (broad SMARTS) is 1. The molecule has 1 aliphatic carbocycles. The molecular weight excluding hydrogens is 526 g/mol. The van der Waals surface area contributed by atoms with Gasteiger partial charge in [0.15, 0.2) is 0 Å². The third-order valence-corrected chi connectivity index (χ3v) is 7.85. The molecule has 1 aromatic heterocycles. The van der Waals surface area contributed by atoms with E-state index in [0.29, 0.717) is 31.1 Å². The summed E-state index contributed by atoms with van der Waals surface area (Å²) in [6.07, 6.45) is 10.9. The van der Waals surface area contributed by atoms with Crippen LogP contribution in [0.25, 0.3) is 10.8 Å². The summed E-state index contributed by atoms with van der Waals surface area (Å²) in [5, 5.41) is 17.4. The zero-order valence-electron chi connectivity index (χ0n) is 23.0. The number of likely N-dealkylation sites (tertiary alicyclic amines) is 1. The van der Waals surface area contributed by atoms with Crippen LogP contribution in [-0.4, -0.2) is 75.4 Å². The van der Waals surface area contributed by atoms with Crippen LogP contribution in [-0.2, 0) is 27.3 Å². The molecule has 4 N–H and O–H groups in total. The third kappa shape index (κ3) is 8.82. The Morgan fingerprint density at radius 3 is 2.62 bits per heavy atom. The fourth-order valence-corrected chi connectivity index (χ4v) is 5.36. The minimum atomic E-state index is -0.986. The molecule has 1 aliphatic heterocycles. The van der Waals surface area contributed by atoms with E-state index >= 15 is 0 Å². The van der Waals surface area contributed by atoms with E-state index in [1.54, 1.807) is 24.3 Å². The second kappa shape index (κ2) is 14.9. The Kier molecular flexibility index (Phi) is 11.0. The summed E-state index contributed by atoms with van der Waals surface area (Å²) in [7, 11) is 0. The SMILES string of the molecule is CSCCC(NC(=O)CNCc1cc(C2CC2)cc2ccccc12)C(=O)O.O=C(Cc1c[nH]cn1)N1CCCC1. The molecule has 2 amide bonds. The Morgan fingerprint density at radius 1 is 1.18 bits per heavy atom. The molecule has 1 unspecified atom stereocenters. The largest absolute Gasteiger partial charge is 0.480 e. The van der Waals surface area contributed by atoms with Crippen molar-refractivity contribution in [3.63, 3.8) is 0 Å². The van der Waals surface area contributed by atoms with Gasteiger partial charge in [0.25, 0.3) is 0 Å². The molecule has 40 heavy (non-hydrogen) atoms. The molecule has 5 rings (SSSR count). The minimum absolute atomic E-state index is 0.102. The van der Waals surface area contributed by atoms with E-state index in [-0.39, 0.29) is 18.4 Å². The highest BCUT2D eigenvalue weighted by atomic mass is 32.2. The topological polar surface area (TPSA) is 127 Å². The second-order valence-corrected chi connectivity index (χ2v) is 11.3. The number of carbonyl (C=O) groups is 3. The summed E-state index contributed by atoms with van der Waals surface area (Å²) in [5.41, 5.74) is 3.38. The van der Waals surface area contributed by atoms with Crippen LogP contribution >= 0.6 is 11.8 Å². The van der Waals surface area contributed by atoms with Gasteiger partial charge in [-0.05, 0) is 71.9 Å². The van der Waals surface area contributed by atoms with Crippen molar-refractivity contribution in [1.82, 2.24) is 25.5 Å². The smallest absolute Gasteiger partial charge is 0.326 e. The molecular formula is C30H39N5O4S. The summed E-state index contributed by atoms with van der Waals surface area (Å²) >= 11 is 1.57. The third-order valence-electron chi connectivity index (χ3n) is 7.21. The number of aliphatic carboxylic acids is 1. The maximum atomic E-state index is 12.1. The van der Waals surface area contributed by atoms with E-state index in [2.05, 4.69) is 44.9 Å². The molecule has 0 radical (unpaired) electrons. The number of aromatic amines is 1. The number of imidazole rings is 1. The second-order valence-electron chi connectivity index (χ2n) is 10.3. The first-order valence-electron chi connectivity index (χ1n) is 13.9. The van der Waals surface area contributed by atoms with Gasteiger partial charge >= 0.3 is 5.97 Å². The number of rotatable bonds is 12. The number of aromatic nitrogens is 2. The molecule has 1 saturated carbocycles. The maximum absolute atomic E-state index is 12.1. The van der Waals surface area contributed by atoms with E-state index in [1.165, 1.54) is 34.7 Å². The predicted octanol–water partition coefficient (Wildman–Crippen LogP) is 3.70. The number of carbonyl (C=O) groups excluding carboxylic acids is 2. The van der Waals surface area contributed by atoms with Gasteiger partial charge in [0.2, 0.25) is 11.8 Å². The molecule has 214 valence electrons. The monoisotopic (exact) mass is 565 g/mol. The van der Waals surface area contributed by atoms with Gasteiger partial charge in [-0.25, -0.2) is 9.78 Å². The van der Waals surface area contributed by atoms with Crippen molar-refractivity contribution in [3.8, 4) is 0 Å². The molecule has 0 spiro atoms. The van der Waals surface area contributed by atoms with Gasteiger partial charge in [-0.2, -0.15) is 11.8 Å². The Morgan fingerprint density at radius 2 is 1.95 bits per heavy atom. The number of amides is 2. The fourth-order valence-electron chi connectivity index (χ4n) is 4.88. The first-order chi connectivity index (χ1) is 19.4. The Balaban J connectivity index is 0.000000236. The maximum Gasteiger partial charge on any atom is 0.326 e. The lowest BCUT2D eigenvalue weighted by Gasteiger charge is -2.15. The highest BCUT2D eigenvalue weighted by Crippen LogP contribution is 2.41. The Hall–Kier alpha value is -3.37. The van der Waals surface area contributed by atoms with Gasteiger partial charge in [0.1, 0.15) is 6.04 Å². The van der Waals surface area contributed by atoms with Crippen molar-refractivity contribution in [2.45, 2.75) is 57.0 Å². The van der Waals surface area contributed by atoms with Crippen LogP contribution in [0.15, 0.2) is 48.9 Å². The molecule has 1 atom stereocenters. The van der Waals surface area contributed by atoms with Gasteiger partial charge in [0.05, 0.1) is 25.0 Å². The van der Waals surface area contributed by atoms with Crippen LogP contribution in [0.5, 0.6) is 0 Å². The summed E-state index contributed by atoms with van der Waals surface area (Å²) in [5.74, 6) is 0.297. The van der Waals surface area contributed by atoms with Gasteiger partial charge in [-0.15, -0.1) is 0 Å². The standard InChI is InChI=1S/C21H26N2O3S.C9H13N3O/c1-27-9-8-19(21(25)26)23-20(24)13-22-12-17-11-16(14-6-7-14)10-15-4-2-3-5-18(15)17;13-9(12-3-1-2-4-12)5-8-6-10-7-11-8/h2-5,10-11,14,19,22H,6-9,12-13H2,1H3,(H,23,24)(H,25,26);6-7H,1-5H2,(H,10,11). The fraction of sp³-hybridized carbons (Fsp3) is 0.467. The van der Waals surface area contributed by atoms with E-state index in [0.717, 1.165) is 31.6 Å². The summed E-state index contributed by atoms with van der Waals surface area (Å²) < 4.78 is 0. The van der Waals surface area contributed by atoms with Crippen molar-refractivity contribution in [2.75, 3.05) is 31.6 Å². The van der Waals surface area contributed by atoms with Crippen molar-refractivity contribution >= 4 is 40.3 Å². The molecule has 2 aromatic carbocycles. The van der Waals surface area contributed by atoms with Gasteiger partial charge in [0, 0.05) is 25.8 Å². The average Bonchev–Trinajstić information content (AvgIpc) is 3.40. The van der Waals surface area contributed by atoms with Crippen LogP contribution < -0.4 is 10.6 Å². The number of thioether (sulfide) groups is 1. The lowest BCUT2D eigenvalue weighted by molar-refractivity contribution is -0.141. The van der Waals surface area contributed by atoms with E-state index in [4.69, 9.17) is 0 Å². The van der Waals surface area contributed by atoms with Crippen LogP contribution in [0.2, 0.25) is 0 Å². The van der Waals surface area contributed by atoms with Crippen molar-refractivity contribution < 1.29 is 19.5 Å². The Bertz CT molecular complexity index is 1270. The summed E-state index contributed by atoms with van der Waals surface area (Å²) in [4.78, 5) is 43.7. The van der Waals surface area contributed by atoms with E-state index in [9.17, 15) is 19.5 Å². The number of nitrogens with one attached hydrogen (secondary N) is 3. The number of carboxylic acids is 1. The average molecular weight is 566 g/mol. The van der Waals surface area contributed by atoms with Crippen LogP contribution in [0.4, 0.5) is 0 Å². The van der Waals surface area contributed by atoms with Crippen molar-refractivity contribution in [3.05, 3.63) is 65.7 Å². The van der Waals surface area contributed by atoms with Crippen molar-refractivity contribution in [1.29, 1.82) is 0 Å². The van der Waals surface area contributed by atoms with Crippen LogP contribution in [0, 0.1) is 0 Å². The molecule has 1 saturated heterocycles.